The van der Waals surface area contributed by atoms with Gasteiger partial charge in [-0.25, -0.2) is 4.39 Å². The van der Waals surface area contributed by atoms with Crippen LogP contribution in [0.25, 0.3) is 0 Å². The molecule has 0 aromatic heterocycles. The fourth-order valence-electron chi connectivity index (χ4n) is 3.40. The van der Waals surface area contributed by atoms with E-state index < -0.39 is 0 Å². The molecule has 2 fully saturated rings. The molecule has 1 unspecified atom stereocenters. The van der Waals surface area contributed by atoms with E-state index >= 15 is 0 Å². The minimum absolute atomic E-state index is 0. The molecule has 2 heterocycles. The predicted octanol–water partition coefficient (Wildman–Crippen LogP) is 2.37. The second kappa shape index (κ2) is 6.95. The number of halogens is 2. The summed E-state index contributed by atoms with van der Waals surface area (Å²) in [4.78, 5) is 4.70. The van der Waals surface area contributed by atoms with E-state index in [1.807, 2.05) is 12.1 Å². The molecule has 3 rings (SSSR count). The summed E-state index contributed by atoms with van der Waals surface area (Å²) in [5, 5.41) is 3.46. The van der Waals surface area contributed by atoms with Gasteiger partial charge in [-0.15, -0.1) is 12.4 Å². The Morgan fingerprint density at radius 2 is 1.90 bits per heavy atom. The van der Waals surface area contributed by atoms with Gasteiger partial charge in [-0.1, -0.05) is 19.1 Å². The number of piperazine rings is 1. The molecule has 3 nitrogen and oxygen atoms in total. The van der Waals surface area contributed by atoms with Crippen LogP contribution in [-0.2, 0) is 0 Å². The van der Waals surface area contributed by atoms with Gasteiger partial charge in [0.05, 0.1) is 5.69 Å². The summed E-state index contributed by atoms with van der Waals surface area (Å²) < 4.78 is 13.8. The van der Waals surface area contributed by atoms with E-state index in [1.165, 1.54) is 6.42 Å². The Bertz CT molecular complexity index is 455. The third-order valence-electron chi connectivity index (χ3n) is 4.63. The average Bonchev–Trinajstić information content (AvgIpc) is 2.87. The lowest BCUT2D eigenvalue weighted by atomic mass is 9.89. The van der Waals surface area contributed by atoms with E-state index in [1.54, 1.807) is 12.1 Å². The summed E-state index contributed by atoms with van der Waals surface area (Å²) in [6.45, 7) is 9.70. The SMILES string of the molecule is CC1(CN2CCN(c3ccccc3F)CC2)CCNC1.Cl. The predicted molar refractivity (Wildman–Crippen MR) is 87.9 cm³/mol. The minimum atomic E-state index is -0.104. The first-order chi connectivity index (χ1) is 9.66. The van der Waals surface area contributed by atoms with Crippen LogP contribution in [-0.4, -0.2) is 50.7 Å². The number of para-hydroxylation sites is 1. The highest BCUT2D eigenvalue weighted by atomic mass is 35.5. The zero-order valence-electron chi connectivity index (χ0n) is 12.6. The van der Waals surface area contributed by atoms with Crippen molar-refractivity contribution in [2.24, 2.45) is 5.41 Å². The molecule has 1 atom stereocenters. The first-order valence-corrected chi connectivity index (χ1v) is 7.59. The number of nitrogens with one attached hydrogen (secondary N) is 1. The number of rotatable bonds is 3. The van der Waals surface area contributed by atoms with Crippen molar-refractivity contribution in [3.63, 3.8) is 0 Å². The monoisotopic (exact) mass is 313 g/mol. The molecular formula is C16H25ClFN3. The van der Waals surface area contributed by atoms with E-state index in [2.05, 4.69) is 22.0 Å². The first-order valence-electron chi connectivity index (χ1n) is 7.59. The summed E-state index contributed by atoms with van der Waals surface area (Å²) in [6.07, 6.45) is 1.26. The van der Waals surface area contributed by atoms with Crippen LogP contribution < -0.4 is 10.2 Å². The first kappa shape index (κ1) is 16.5. The van der Waals surface area contributed by atoms with Crippen molar-refractivity contribution < 1.29 is 4.39 Å². The van der Waals surface area contributed by atoms with Crippen LogP contribution in [0.1, 0.15) is 13.3 Å². The van der Waals surface area contributed by atoms with Gasteiger partial charge in [-0.2, -0.15) is 0 Å². The van der Waals surface area contributed by atoms with Gasteiger partial charge in [-0.05, 0) is 30.5 Å². The van der Waals surface area contributed by atoms with Crippen LogP contribution in [0, 0.1) is 11.2 Å². The molecule has 0 radical (unpaired) electrons. The molecule has 0 aliphatic carbocycles. The summed E-state index contributed by atoms with van der Waals surface area (Å²) in [7, 11) is 0. The number of benzene rings is 1. The Hall–Kier alpha value is -0.840. The Balaban J connectivity index is 0.00000161. The van der Waals surface area contributed by atoms with Crippen LogP contribution in [0.3, 0.4) is 0 Å². The van der Waals surface area contributed by atoms with Gasteiger partial charge in [-0.3, -0.25) is 4.90 Å². The molecule has 1 aromatic rings. The van der Waals surface area contributed by atoms with Crippen LogP contribution in [0.15, 0.2) is 24.3 Å². The summed E-state index contributed by atoms with van der Waals surface area (Å²) in [6, 6.07) is 7.10. The molecule has 21 heavy (non-hydrogen) atoms. The van der Waals surface area contributed by atoms with E-state index in [0.717, 1.165) is 51.5 Å². The van der Waals surface area contributed by atoms with Crippen molar-refractivity contribution in [3.05, 3.63) is 30.1 Å². The molecule has 0 bridgehead atoms. The van der Waals surface area contributed by atoms with Gasteiger partial charge in [0.15, 0.2) is 0 Å². The Morgan fingerprint density at radius 1 is 1.19 bits per heavy atom. The smallest absolute Gasteiger partial charge is 0.146 e. The normalized spacial score (nSPS) is 26.7. The molecular weight excluding hydrogens is 289 g/mol. The van der Waals surface area contributed by atoms with Crippen LogP contribution in [0.5, 0.6) is 0 Å². The standard InChI is InChI=1S/C16H24FN3.ClH/c1-16(6-7-18-12-16)13-19-8-10-20(11-9-19)15-5-3-2-4-14(15)17;/h2-5,18H,6-13H2,1H3;1H. The number of hydrogen-bond donors (Lipinski definition) is 1. The fraction of sp³-hybridized carbons (Fsp3) is 0.625. The van der Waals surface area contributed by atoms with Crippen molar-refractivity contribution in [2.45, 2.75) is 13.3 Å². The number of anilines is 1. The molecule has 2 saturated heterocycles. The van der Waals surface area contributed by atoms with Gasteiger partial charge in [0, 0.05) is 39.3 Å². The van der Waals surface area contributed by atoms with Crippen molar-refractivity contribution in [1.29, 1.82) is 0 Å². The van der Waals surface area contributed by atoms with Gasteiger partial charge in [0.2, 0.25) is 0 Å². The van der Waals surface area contributed by atoms with Crippen molar-refractivity contribution in [1.82, 2.24) is 10.2 Å². The molecule has 0 spiro atoms. The summed E-state index contributed by atoms with van der Waals surface area (Å²) >= 11 is 0. The van der Waals surface area contributed by atoms with Crippen molar-refractivity contribution in [2.75, 3.05) is 50.7 Å². The molecule has 5 heteroatoms. The maximum atomic E-state index is 13.8. The van der Waals surface area contributed by atoms with E-state index in [4.69, 9.17) is 0 Å². The highest BCUT2D eigenvalue weighted by Gasteiger charge is 2.31. The maximum Gasteiger partial charge on any atom is 0.146 e. The lowest BCUT2D eigenvalue weighted by molar-refractivity contribution is 0.169. The molecule has 2 aliphatic heterocycles. The average molecular weight is 314 g/mol. The van der Waals surface area contributed by atoms with Gasteiger partial charge >= 0.3 is 0 Å². The highest BCUT2D eigenvalue weighted by molar-refractivity contribution is 5.85. The third kappa shape index (κ3) is 3.87. The summed E-state index contributed by atoms with van der Waals surface area (Å²) in [5.74, 6) is -0.104. The number of hydrogen-bond acceptors (Lipinski definition) is 3. The molecule has 1 aromatic carbocycles. The Morgan fingerprint density at radius 3 is 2.52 bits per heavy atom. The van der Waals surface area contributed by atoms with E-state index in [9.17, 15) is 4.39 Å². The third-order valence-corrected chi connectivity index (χ3v) is 4.63. The summed E-state index contributed by atoms with van der Waals surface area (Å²) in [5.41, 5.74) is 1.17. The van der Waals surface area contributed by atoms with Crippen LogP contribution >= 0.6 is 12.4 Å². The Labute approximate surface area is 132 Å². The lowest BCUT2D eigenvalue weighted by Gasteiger charge is -2.39. The highest BCUT2D eigenvalue weighted by Crippen LogP contribution is 2.27. The molecule has 0 saturated carbocycles. The van der Waals surface area contributed by atoms with Gasteiger partial charge in [0.25, 0.3) is 0 Å². The van der Waals surface area contributed by atoms with Crippen molar-refractivity contribution >= 4 is 18.1 Å². The van der Waals surface area contributed by atoms with Crippen LogP contribution in [0.2, 0.25) is 0 Å². The minimum Gasteiger partial charge on any atom is -0.367 e. The fourth-order valence-corrected chi connectivity index (χ4v) is 3.40. The van der Waals surface area contributed by atoms with Crippen LogP contribution in [0.4, 0.5) is 10.1 Å². The maximum absolute atomic E-state index is 13.8. The van der Waals surface area contributed by atoms with Gasteiger partial charge < -0.3 is 10.2 Å². The molecule has 2 aliphatic rings. The quantitative estimate of drug-likeness (QED) is 0.924. The van der Waals surface area contributed by atoms with E-state index in [0.29, 0.717) is 5.41 Å². The Kier molecular flexibility index (Phi) is 5.47. The van der Waals surface area contributed by atoms with E-state index in [-0.39, 0.29) is 18.2 Å². The number of nitrogens with zero attached hydrogens (tertiary/aromatic N) is 2. The molecule has 1 N–H and O–H groups in total. The second-order valence-electron chi connectivity index (χ2n) is 6.45. The molecule has 118 valence electrons. The van der Waals surface area contributed by atoms with Crippen molar-refractivity contribution in [3.8, 4) is 0 Å². The zero-order chi connectivity index (χ0) is 14.0. The second-order valence-corrected chi connectivity index (χ2v) is 6.45. The van der Waals surface area contributed by atoms with Gasteiger partial charge in [0.1, 0.15) is 5.82 Å². The lowest BCUT2D eigenvalue weighted by Crippen LogP contribution is -2.50. The molecule has 0 amide bonds. The topological polar surface area (TPSA) is 18.5 Å². The largest absolute Gasteiger partial charge is 0.367 e. The zero-order valence-corrected chi connectivity index (χ0v) is 13.5.